The van der Waals surface area contributed by atoms with Gasteiger partial charge >= 0.3 is 5.97 Å². The molecular weight excluding hydrogens is 220 g/mol. The van der Waals surface area contributed by atoms with Crippen LogP contribution in [0.4, 0.5) is 0 Å². The molecule has 17 heavy (non-hydrogen) atoms. The third kappa shape index (κ3) is 3.70. The maximum atomic E-state index is 12.1. The third-order valence-corrected chi connectivity index (χ3v) is 3.42. The van der Waals surface area contributed by atoms with E-state index in [-0.39, 0.29) is 18.2 Å². The van der Waals surface area contributed by atoms with Gasteiger partial charge in [0.25, 0.3) is 0 Å². The number of carbonyl (C=O) groups excluding carboxylic acids is 1. The van der Waals surface area contributed by atoms with Crippen LogP contribution in [0.1, 0.15) is 39.5 Å². The molecule has 1 heterocycles. The molecule has 0 saturated carbocycles. The average Bonchev–Trinajstić information content (AvgIpc) is 2.74. The third-order valence-electron chi connectivity index (χ3n) is 3.42. The molecule has 5 heteroatoms. The second kappa shape index (κ2) is 6.00. The van der Waals surface area contributed by atoms with Crippen LogP contribution in [0.2, 0.25) is 0 Å². The lowest BCUT2D eigenvalue weighted by molar-refractivity contribution is -0.138. The SMILES string of the molecule is CCC1(C(=O)NCC(C)CC(=O)O)CCCN1. The van der Waals surface area contributed by atoms with E-state index in [0.29, 0.717) is 6.54 Å². The van der Waals surface area contributed by atoms with Crippen LogP contribution in [-0.4, -0.2) is 35.6 Å². The van der Waals surface area contributed by atoms with E-state index in [2.05, 4.69) is 10.6 Å². The lowest BCUT2D eigenvalue weighted by Gasteiger charge is -2.27. The van der Waals surface area contributed by atoms with Crippen LogP contribution >= 0.6 is 0 Å². The summed E-state index contributed by atoms with van der Waals surface area (Å²) in [4.78, 5) is 22.6. The van der Waals surface area contributed by atoms with Crippen LogP contribution in [0.5, 0.6) is 0 Å². The lowest BCUT2D eigenvalue weighted by Crippen LogP contribution is -2.53. The quantitative estimate of drug-likeness (QED) is 0.642. The van der Waals surface area contributed by atoms with Crippen LogP contribution < -0.4 is 10.6 Å². The summed E-state index contributed by atoms with van der Waals surface area (Å²) in [5, 5.41) is 14.7. The summed E-state index contributed by atoms with van der Waals surface area (Å²) in [6, 6.07) is 0. The maximum absolute atomic E-state index is 12.1. The number of hydrogen-bond acceptors (Lipinski definition) is 3. The number of aliphatic carboxylic acids is 1. The molecule has 3 N–H and O–H groups in total. The van der Waals surface area contributed by atoms with Crippen molar-refractivity contribution in [1.29, 1.82) is 0 Å². The summed E-state index contributed by atoms with van der Waals surface area (Å²) in [5.41, 5.74) is -0.428. The highest BCUT2D eigenvalue weighted by Crippen LogP contribution is 2.23. The Kier molecular flexibility index (Phi) is 4.93. The van der Waals surface area contributed by atoms with Gasteiger partial charge in [-0.2, -0.15) is 0 Å². The fourth-order valence-corrected chi connectivity index (χ4v) is 2.27. The van der Waals surface area contributed by atoms with E-state index < -0.39 is 11.5 Å². The van der Waals surface area contributed by atoms with Gasteiger partial charge in [0.15, 0.2) is 0 Å². The predicted octanol–water partition coefficient (Wildman–Crippen LogP) is 0.746. The minimum atomic E-state index is -0.823. The zero-order valence-electron chi connectivity index (χ0n) is 10.6. The first-order valence-electron chi connectivity index (χ1n) is 6.25. The Hall–Kier alpha value is -1.10. The monoisotopic (exact) mass is 242 g/mol. The van der Waals surface area contributed by atoms with Gasteiger partial charge in [0, 0.05) is 13.0 Å². The van der Waals surface area contributed by atoms with E-state index in [1.54, 1.807) is 0 Å². The molecule has 0 aromatic heterocycles. The summed E-state index contributed by atoms with van der Waals surface area (Å²) in [5.74, 6) is -0.850. The predicted molar refractivity (Wildman–Crippen MR) is 64.7 cm³/mol. The Morgan fingerprint density at radius 3 is 2.71 bits per heavy atom. The summed E-state index contributed by atoms with van der Waals surface area (Å²) in [6.45, 7) is 5.13. The summed E-state index contributed by atoms with van der Waals surface area (Å²) < 4.78 is 0. The van der Waals surface area contributed by atoms with Crippen LogP contribution in [0.3, 0.4) is 0 Å². The first-order chi connectivity index (χ1) is 8.00. The van der Waals surface area contributed by atoms with Gasteiger partial charge < -0.3 is 15.7 Å². The lowest BCUT2D eigenvalue weighted by atomic mass is 9.93. The molecule has 98 valence electrons. The maximum Gasteiger partial charge on any atom is 0.303 e. The number of hydrogen-bond donors (Lipinski definition) is 3. The number of carboxylic acids is 1. The van der Waals surface area contributed by atoms with Crippen molar-refractivity contribution in [3.8, 4) is 0 Å². The van der Waals surface area contributed by atoms with Crippen molar-refractivity contribution < 1.29 is 14.7 Å². The van der Waals surface area contributed by atoms with E-state index in [9.17, 15) is 9.59 Å². The first-order valence-corrected chi connectivity index (χ1v) is 6.25. The van der Waals surface area contributed by atoms with E-state index in [4.69, 9.17) is 5.11 Å². The zero-order valence-corrected chi connectivity index (χ0v) is 10.6. The van der Waals surface area contributed by atoms with Crippen molar-refractivity contribution in [2.24, 2.45) is 5.92 Å². The number of carbonyl (C=O) groups is 2. The molecule has 1 fully saturated rings. The first kappa shape index (κ1) is 14.0. The van der Waals surface area contributed by atoms with Gasteiger partial charge in [-0.25, -0.2) is 0 Å². The molecule has 0 bridgehead atoms. The molecule has 2 atom stereocenters. The minimum absolute atomic E-state index is 0.00902. The molecular formula is C12H22N2O3. The van der Waals surface area contributed by atoms with Gasteiger partial charge in [0.1, 0.15) is 0 Å². The van der Waals surface area contributed by atoms with Crippen molar-refractivity contribution in [3.63, 3.8) is 0 Å². The highest BCUT2D eigenvalue weighted by molar-refractivity contribution is 5.86. The summed E-state index contributed by atoms with van der Waals surface area (Å²) >= 11 is 0. The highest BCUT2D eigenvalue weighted by atomic mass is 16.4. The Labute approximate surface area is 102 Å². The van der Waals surface area contributed by atoms with Gasteiger partial charge in [-0.05, 0) is 31.7 Å². The normalized spacial score (nSPS) is 25.5. The molecule has 0 spiro atoms. The van der Waals surface area contributed by atoms with E-state index in [0.717, 1.165) is 25.8 Å². The number of nitrogens with one attached hydrogen (secondary N) is 2. The molecule has 0 radical (unpaired) electrons. The Bertz CT molecular complexity index is 285. The topological polar surface area (TPSA) is 78.4 Å². The Morgan fingerprint density at radius 2 is 2.24 bits per heavy atom. The van der Waals surface area contributed by atoms with Crippen molar-refractivity contribution in [1.82, 2.24) is 10.6 Å². The van der Waals surface area contributed by atoms with Crippen LogP contribution in [0.25, 0.3) is 0 Å². The van der Waals surface area contributed by atoms with Gasteiger partial charge in [-0.1, -0.05) is 13.8 Å². The second-order valence-electron chi connectivity index (χ2n) is 4.88. The van der Waals surface area contributed by atoms with Gasteiger partial charge in [-0.15, -0.1) is 0 Å². The largest absolute Gasteiger partial charge is 0.481 e. The van der Waals surface area contributed by atoms with Crippen molar-refractivity contribution in [2.75, 3.05) is 13.1 Å². The molecule has 1 aliphatic rings. The van der Waals surface area contributed by atoms with Crippen molar-refractivity contribution in [3.05, 3.63) is 0 Å². The number of rotatable bonds is 6. The highest BCUT2D eigenvalue weighted by Gasteiger charge is 2.38. The molecule has 1 saturated heterocycles. The molecule has 0 aromatic carbocycles. The van der Waals surface area contributed by atoms with Crippen LogP contribution in [0.15, 0.2) is 0 Å². The molecule has 0 aliphatic carbocycles. The Balaban J connectivity index is 2.40. The molecule has 1 aliphatic heterocycles. The van der Waals surface area contributed by atoms with Crippen molar-refractivity contribution >= 4 is 11.9 Å². The van der Waals surface area contributed by atoms with Gasteiger partial charge in [-0.3, -0.25) is 9.59 Å². The van der Waals surface area contributed by atoms with E-state index in [1.165, 1.54) is 0 Å². The standard InChI is InChI=1S/C12H22N2O3/c1-3-12(5-4-6-14-12)11(17)13-8-9(2)7-10(15)16/h9,14H,3-8H2,1-2H3,(H,13,17)(H,15,16). The smallest absolute Gasteiger partial charge is 0.303 e. The Morgan fingerprint density at radius 1 is 1.53 bits per heavy atom. The average molecular weight is 242 g/mol. The fourth-order valence-electron chi connectivity index (χ4n) is 2.27. The van der Waals surface area contributed by atoms with Gasteiger partial charge in [0.2, 0.25) is 5.91 Å². The van der Waals surface area contributed by atoms with Gasteiger partial charge in [0.05, 0.1) is 5.54 Å². The fraction of sp³-hybridized carbons (Fsp3) is 0.833. The minimum Gasteiger partial charge on any atom is -0.481 e. The van der Waals surface area contributed by atoms with E-state index >= 15 is 0 Å². The molecule has 2 unspecified atom stereocenters. The van der Waals surface area contributed by atoms with Crippen molar-refractivity contribution in [2.45, 2.75) is 45.1 Å². The summed E-state index contributed by atoms with van der Waals surface area (Å²) in [7, 11) is 0. The molecule has 0 aromatic rings. The van der Waals surface area contributed by atoms with E-state index in [1.807, 2.05) is 13.8 Å². The molecule has 1 amide bonds. The van der Waals surface area contributed by atoms with Crippen LogP contribution in [0, 0.1) is 5.92 Å². The zero-order chi connectivity index (χ0) is 12.9. The number of carboxylic acid groups (broad SMARTS) is 1. The number of amides is 1. The van der Waals surface area contributed by atoms with Crippen LogP contribution in [-0.2, 0) is 9.59 Å². The molecule has 5 nitrogen and oxygen atoms in total. The second-order valence-corrected chi connectivity index (χ2v) is 4.88. The molecule has 1 rings (SSSR count). The summed E-state index contributed by atoms with van der Waals surface area (Å²) in [6.07, 6.45) is 2.74.